The number of carbonyl (C=O) groups excluding carboxylic acids is 1. The van der Waals surface area contributed by atoms with Crippen LogP contribution in [0.5, 0.6) is 0 Å². The van der Waals surface area contributed by atoms with E-state index in [4.69, 9.17) is 0 Å². The molecule has 0 saturated carbocycles. The third-order valence-corrected chi connectivity index (χ3v) is 1.40. The molecule has 0 heterocycles. The van der Waals surface area contributed by atoms with Crippen LogP contribution in [0, 0.1) is 5.82 Å². The molecular weight excluding hydrogens is 155 g/mol. The molecule has 1 aromatic rings. The fourth-order valence-electron chi connectivity index (χ4n) is 0.844. The molecule has 1 aromatic carbocycles. The highest BCUT2D eigenvalue weighted by Gasteiger charge is 1.93. The number of benzene rings is 1. The van der Waals surface area contributed by atoms with Crippen LogP contribution in [0.15, 0.2) is 30.3 Å². The first-order valence-corrected chi connectivity index (χ1v) is 3.60. The van der Waals surface area contributed by atoms with Crippen LogP contribution in [0.25, 0.3) is 6.08 Å². The van der Waals surface area contributed by atoms with E-state index in [0.717, 1.165) is 0 Å². The zero-order valence-corrected chi connectivity index (χ0v) is 6.46. The highest BCUT2D eigenvalue weighted by molar-refractivity contribution is 5.58. The Morgan fingerprint density at radius 2 is 2.17 bits per heavy atom. The summed E-state index contributed by atoms with van der Waals surface area (Å²) in [5.74, 6) is -0.278. The van der Waals surface area contributed by atoms with Gasteiger partial charge < -0.3 is 0 Å². The van der Waals surface area contributed by atoms with E-state index in [9.17, 15) is 9.18 Å². The quantitative estimate of drug-likeness (QED) is 0.668. The van der Waals surface area contributed by atoms with E-state index < -0.39 is 0 Å². The minimum Gasteiger partial charge on any atom is -0.291 e. The van der Waals surface area contributed by atoms with E-state index >= 15 is 0 Å². The lowest BCUT2D eigenvalue weighted by molar-refractivity contribution is 0.556. The van der Waals surface area contributed by atoms with Crippen molar-refractivity contribution in [3.63, 3.8) is 0 Å². The van der Waals surface area contributed by atoms with E-state index in [1.165, 1.54) is 6.07 Å². The second kappa shape index (κ2) is 4.44. The molecule has 2 heteroatoms. The van der Waals surface area contributed by atoms with Crippen molar-refractivity contribution in [3.05, 3.63) is 41.7 Å². The Morgan fingerprint density at radius 3 is 2.83 bits per heavy atom. The molecule has 1 nitrogen and oxygen atoms in total. The predicted octanol–water partition coefficient (Wildman–Crippen LogP) is 2.34. The normalized spacial score (nSPS) is 10.4. The van der Waals surface area contributed by atoms with Gasteiger partial charge in [-0.3, -0.25) is 4.79 Å². The fourth-order valence-corrected chi connectivity index (χ4v) is 0.844. The fraction of sp³-hybridized carbons (Fsp3) is 0.100. The van der Waals surface area contributed by atoms with Crippen molar-refractivity contribution in [1.82, 2.24) is 0 Å². The molecule has 12 heavy (non-hydrogen) atoms. The van der Waals surface area contributed by atoms with Gasteiger partial charge in [-0.25, -0.2) is 4.39 Å². The summed E-state index contributed by atoms with van der Waals surface area (Å²) < 4.78 is 12.9. The van der Waals surface area contributed by atoms with Crippen LogP contribution < -0.4 is 0 Å². The zero-order chi connectivity index (χ0) is 8.81. The van der Waals surface area contributed by atoms with E-state index in [0.29, 0.717) is 5.56 Å². The molecule has 0 aliphatic heterocycles. The highest BCUT2D eigenvalue weighted by Crippen LogP contribution is 2.07. The largest absolute Gasteiger partial charge is 0.291 e. The van der Waals surface area contributed by atoms with Gasteiger partial charge in [0.2, 0.25) is 6.29 Å². The number of halogens is 1. The second-order valence-corrected chi connectivity index (χ2v) is 2.27. The maximum Gasteiger partial charge on any atom is 0.202 e. The molecule has 0 saturated heterocycles. The van der Waals surface area contributed by atoms with Crippen LogP contribution >= 0.6 is 0 Å². The number of hydrogen-bond acceptors (Lipinski definition) is 1. The topological polar surface area (TPSA) is 17.1 Å². The third-order valence-electron chi connectivity index (χ3n) is 1.40. The summed E-state index contributed by atoms with van der Waals surface area (Å²) in [5, 5.41) is 0. The Kier molecular flexibility index (Phi) is 3.20. The smallest absolute Gasteiger partial charge is 0.202 e. The van der Waals surface area contributed by atoms with Crippen molar-refractivity contribution in [2.75, 3.05) is 0 Å². The summed E-state index contributed by atoms with van der Waals surface area (Å²) >= 11 is 0. The molecule has 0 bridgehead atoms. The molecule has 0 amide bonds. The molecule has 0 unspecified atom stereocenters. The second-order valence-electron chi connectivity index (χ2n) is 2.27. The van der Waals surface area contributed by atoms with E-state index in [1.807, 2.05) is 0 Å². The van der Waals surface area contributed by atoms with Gasteiger partial charge in [0.1, 0.15) is 5.82 Å². The van der Waals surface area contributed by atoms with E-state index in [-0.39, 0.29) is 12.2 Å². The Bertz CT molecular complexity index is 292. The lowest BCUT2D eigenvalue weighted by Crippen LogP contribution is -1.79. The lowest BCUT2D eigenvalue weighted by atomic mass is 10.2. The molecule has 61 valence electrons. The van der Waals surface area contributed by atoms with Gasteiger partial charge in [-0.05, 0) is 6.07 Å². The van der Waals surface area contributed by atoms with Crippen molar-refractivity contribution in [2.45, 2.75) is 6.42 Å². The van der Waals surface area contributed by atoms with Crippen molar-refractivity contribution in [2.24, 2.45) is 0 Å². The summed E-state index contributed by atoms with van der Waals surface area (Å²) in [7, 11) is 0. The van der Waals surface area contributed by atoms with Crippen molar-refractivity contribution in [3.8, 4) is 0 Å². The summed E-state index contributed by atoms with van der Waals surface area (Å²) in [6.07, 6.45) is 5.05. The van der Waals surface area contributed by atoms with Gasteiger partial charge in [0.25, 0.3) is 0 Å². The molecule has 0 aliphatic carbocycles. The minimum atomic E-state index is -0.278. The molecule has 0 N–H and O–H groups in total. The number of rotatable bonds is 3. The molecule has 0 aromatic heterocycles. The minimum absolute atomic E-state index is 0.203. The molecule has 1 radical (unpaired) electrons. The van der Waals surface area contributed by atoms with Gasteiger partial charge >= 0.3 is 0 Å². The first kappa shape index (κ1) is 8.65. The summed E-state index contributed by atoms with van der Waals surface area (Å²) in [6.45, 7) is 0. The number of allylic oxidation sites excluding steroid dienone is 1. The van der Waals surface area contributed by atoms with Crippen molar-refractivity contribution in [1.29, 1.82) is 0 Å². The first-order valence-electron chi connectivity index (χ1n) is 3.60. The van der Waals surface area contributed by atoms with Gasteiger partial charge in [0.15, 0.2) is 0 Å². The molecule has 0 aliphatic rings. The number of hydrogen-bond donors (Lipinski definition) is 0. The molecule has 1 rings (SSSR count). The summed E-state index contributed by atoms with van der Waals surface area (Å²) in [5.41, 5.74) is 0.493. The van der Waals surface area contributed by atoms with Crippen LogP contribution in [-0.4, -0.2) is 6.29 Å². The van der Waals surface area contributed by atoms with Crippen molar-refractivity contribution >= 4 is 12.4 Å². The first-order chi connectivity index (χ1) is 5.84. The summed E-state index contributed by atoms with van der Waals surface area (Å²) in [6, 6.07) is 6.40. The van der Waals surface area contributed by atoms with Gasteiger partial charge in [-0.15, -0.1) is 0 Å². The maximum atomic E-state index is 12.9. The lowest BCUT2D eigenvalue weighted by Gasteiger charge is -1.93. The predicted molar refractivity (Wildman–Crippen MR) is 45.7 cm³/mol. The Hall–Kier alpha value is -1.44. The summed E-state index contributed by atoms with van der Waals surface area (Å²) in [4.78, 5) is 9.81. The highest BCUT2D eigenvalue weighted by atomic mass is 19.1. The molecule has 0 atom stereocenters. The van der Waals surface area contributed by atoms with Crippen LogP contribution in [0.3, 0.4) is 0 Å². The van der Waals surface area contributed by atoms with Crippen LogP contribution in [0.1, 0.15) is 12.0 Å². The maximum absolute atomic E-state index is 12.9. The average molecular weight is 163 g/mol. The zero-order valence-electron chi connectivity index (χ0n) is 6.46. The van der Waals surface area contributed by atoms with Crippen LogP contribution in [-0.2, 0) is 4.79 Å². The van der Waals surface area contributed by atoms with Gasteiger partial charge in [-0.2, -0.15) is 0 Å². The van der Waals surface area contributed by atoms with E-state index in [1.54, 1.807) is 36.6 Å². The molecule has 0 fully saturated rings. The standard InChI is InChI=1S/C10H8FO/c11-10-7-2-1-5-9(10)6-3-4-8-12/h1-3,5-7H,4H2. The van der Waals surface area contributed by atoms with Crippen LogP contribution in [0.4, 0.5) is 4.39 Å². The molecule has 0 spiro atoms. The van der Waals surface area contributed by atoms with E-state index in [2.05, 4.69) is 0 Å². The molecular formula is C10H8FO. The van der Waals surface area contributed by atoms with Crippen LogP contribution in [0.2, 0.25) is 0 Å². The Labute approximate surface area is 70.5 Å². The Morgan fingerprint density at radius 1 is 1.42 bits per heavy atom. The van der Waals surface area contributed by atoms with Gasteiger partial charge in [0, 0.05) is 12.0 Å². The monoisotopic (exact) mass is 163 g/mol. The SMILES string of the molecule is O=[C]CC=Cc1ccccc1F. The van der Waals surface area contributed by atoms with Crippen molar-refractivity contribution < 1.29 is 9.18 Å². The average Bonchev–Trinajstić information content (AvgIpc) is 2.09. The van der Waals surface area contributed by atoms with Gasteiger partial charge in [0.05, 0.1) is 0 Å². The Balaban J connectivity index is 2.74. The third kappa shape index (κ3) is 2.31. The van der Waals surface area contributed by atoms with Gasteiger partial charge in [-0.1, -0.05) is 30.4 Å².